The molecule has 4 heteroatoms. The van der Waals surface area contributed by atoms with Gasteiger partial charge in [0.2, 0.25) is 5.95 Å². The van der Waals surface area contributed by atoms with Gasteiger partial charge in [0.1, 0.15) is 0 Å². The van der Waals surface area contributed by atoms with Crippen LogP contribution in [0, 0.1) is 0 Å². The molecule has 12 heavy (non-hydrogen) atoms. The second kappa shape index (κ2) is 3.38. The zero-order valence-electron chi connectivity index (χ0n) is 7.61. The maximum atomic E-state index is 11.3. The monoisotopic (exact) mass is 167 g/mol. The van der Waals surface area contributed by atoms with Gasteiger partial charge in [-0.15, -0.1) is 0 Å². The van der Waals surface area contributed by atoms with Gasteiger partial charge in [-0.05, 0) is 6.92 Å². The minimum Gasteiger partial charge on any atom is -0.348 e. The molecule has 1 aromatic rings. The smallest absolute Gasteiger partial charge is 0.254 e. The SMILES string of the molecule is CCn1c(N(C)C)nccc1=O. The van der Waals surface area contributed by atoms with E-state index in [2.05, 4.69) is 4.98 Å². The number of anilines is 1. The molecule has 0 aromatic carbocycles. The van der Waals surface area contributed by atoms with Crippen molar-refractivity contribution in [2.24, 2.45) is 0 Å². The molecule has 0 amide bonds. The number of hydrogen-bond donors (Lipinski definition) is 0. The van der Waals surface area contributed by atoms with Gasteiger partial charge in [0.15, 0.2) is 0 Å². The van der Waals surface area contributed by atoms with Gasteiger partial charge < -0.3 is 4.90 Å². The van der Waals surface area contributed by atoms with Crippen LogP contribution >= 0.6 is 0 Å². The Morgan fingerprint density at radius 3 is 2.67 bits per heavy atom. The first-order valence-corrected chi connectivity index (χ1v) is 3.90. The fraction of sp³-hybridized carbons (Fsp3) is 0.500. The first-order valence-electron chi connectivity index (χ1n) is 3.90. The van der Waals surface area contributed by atoms with Gasteiger partial charge in [-0.3, -0.25) is 9.36 Å². The van der Waals surface area contributed by atoms with Gasteiger partial charge in [-0.1, -0.05) is 0 Å². The first kappa shape index (κ1) is 8.77. The summed E-state index contributed by atoms with van der Waals surface area (Å²) in [5.41, 5.74) is -0.00352. The molecule has 0 spiro atoms. The lowest BCUT2D eigenvalue weighted by atomic mass is 10.5. The van der Waals surface area contributed by atoms with Gasteiger partial charge in [-0.25, -0.2) is 4.98 Å². The highest BCUT2D eigenvalue weighted by Gasteiger charge is 2.03. The molecule has 0 aliphatic carbocycles. The number of hydrogen-bond acceptors (Lipinski definition) is 3. The van der Waals surface area contributed by atoms with E-state index in [9.17, 15) is 4.79 Å². The van der Waals surface area contributed by atoms with Crippen LogP contribution in [0.5, 0.6) is 0 Å². The molecule has 0 radical (unpaired) electrons. The Bertz CT molecular complexity index is 316. The fourth-order valence-electron chi connectivity index (χ4n) is 1.08. The highest BCUT2D eigenvalue weighted by Crippen LogP contribution is 2.01. The van der Waals surface area contributed by atoms with Gasteiger partial charge in [-0.2, -0.15) is 0 Å². The van der Waals surface area contributed by atoms with Gasteiger partial charge >= 0.3 is 0 Å². The average molecular weight is 167 g/mol. The molecular weight excluding hydrogens is 154 g/mol. The third-order valence-corrected chi connectivity index (χ3v) is 1.63. The van der Waals surface area contributed by atoms with Crippen molar-refractivity contribution >= 4 is 5.95 Å². The zero-order chi connectivity index (χ0) is 9.14. The van der Waals surface area contributed by atoms with Crippen LogP contribution in [0.3, 0.4) is 0 Å². The van der Waals surface area contributed by atoms with Crippen molar-refractivity contribution in [1.29, 1.82) is 0 Å². The van der Waals surface area contributed by atoms with Gasteiger partial charge in [0, 0.05) is 32.9 Å². The van der Waals surface area contributed by atoms with Crippen LogP contribution in [0.1, 0.15) is 6.92 Å². The van der Waals surface area contributed by atoms with E-state index in [-0.39, 0.29) is 5.56 Å². The molecule has 0 aliphatic rings. The summed E-state index contributed by atoms with van der Waals surface area (Å²) in [5, 5.41) is 0. The van der Waals surface area contributed by atoms with E-state index < -0.39 is 0 Å². The summed E-state index contributed by atoms with van der Waals surface area (Å²) >= 11 is 0. The van der Waals surface area contributed by atoms with Crippen molar-refractivity contribution < 1.29 is 0 Å². The summed E-state index contributed by atoms with van der Waals surface area (Å²) in [5.74, 6) is 0.699. The van der Waals surface area contributed by atoms with Crippen LogP contribution in [0.15, 0.2) is 17.1 Å². The van der Waals surface area contributed by atoms with E-state index in [0.29, 0.717) is 12.5 Å². The van der Waals surface area contributed by atoms with E-state index in [1.807, 2.05) is 25.9 Å². The van der Waals surface area contributed by atoms with E-state index in [1.165, 1.54) is 12.3 Å². The zero-order valence-corrected chi connectivity index (χ0v) is 7.61. The molecule has 0 N–H and O–H groups in total. The summed E-state index contributed by atoms with van der Waals surface area (Å²) in [7, 11) is 3.74. The highest BCUT2D eigenvalue weighted by molar-refractivity contribution is 5.26. The van der Waals surface area contributed by atoms with E-state index in [0.717, 1.165) is 0 Å². The first-order chi connectivity index (χ1) is 5.66. The molecule has 0 saturated carbocycles. The maximum Gasteiger partial charge on any atom is 0.254 e. The summed E-state index contributed by atoms with van der Waals surface area (Å²) in [6.45, 7) is 2.58. The quantitative estimate of drug-likeness (QED) is 0.637. The molecule has 1 rings (SSSR count). The Labute approximate surface area is 71.5 Å². The van der Waals surface area contributed by atoms with E-state index in [4.69, 9.17) is 0 Å². The van der Waals surface area contributed by atoms with E-state index >= 15 is 0 Å². The van der Waals surface area contributed by atoms with Crippen molar-refractivity contribution in [3.63, 3.8) is 0 Å². The molecule has 1 aromatic heterocycles. The fourth-order valence-corrected chi connectivity index (χ4v) is 1.08. The molecule has 0 atom stereocenters. The standard InChI is InChI=1S/C8H13N3O/c1-4-11-7(12)5-6-9-8(11)10(2)3/h5-6H,4H2,1-3H3. The number of aromatic nitrogens is 2. The van der Waals surface area contributed by atoms with Crippen LogP contribution in [-0.2, 0) is 6.54 Å². The van der Waals surface area contributed by atoms with Crippen molar-refractivity contribution in [2.75, 3.05) is 19.0 Å². The Hall–Kier alpha value is -1.32. The Morgan fingerprint density at radius 2 is 2.25 bits per heavy atom. The molecule has 0 aliphatic heterocycles. The lowest BCUT2D eigenvalue weighted by molar-refractivity contribution is 0.696. The lowest BCUT2D eigenvalue weighted by Gasteiger charge is -2.15. The van der Waals surface area contributed by atoms with Crippen LogP contribution in [-0.4, -0.2) is 23.6 Å². The summed E-state index contributed by atoms with van der Waals surface area (Å²) < 4.78 is 1.62. The third kappa shape index (κ3) is 1.47. The van der Waals surface area contributed by atoms with Crippen LogP contribution in [0.2, 0.25) is 0 Å². The van der Waals surface area contributed by atoms with E-state index in [1.54, 1.807) is 4.57 Å². The predicted octanol–water partition coefficient (Wildman–Crippen LogP) is 0.329. The van der Waals surface area contributed by atoms with Crippen LogP contribution < -0.4 is 10.5 Å². The van der Waals surface area contributed by atoms with Crippen molar-refractivity contribution in [3.05, 3.63) is 22.6 Å². The normalized spacial score (nSPS) is 9.92. The van der Waals surface area contributed by atoms with Crippen molar-refractivity contribution in [3.8, 4) is 0 Å². The minimum absolute atomic E-state index is 0.00352. The maximum absolute atomic E-state index is 11.3. The second-order valence-electron chi connectivity index (χ2n) is 2.72. The Morgan fingerprint density at radius 1 is 1.58 bits per heavy atom. The molecule has 0 bridgehead atoms. The molecule has 0 saturated heterocycles. The Balaban J connectivity index is 3.28. The van der Waals surface area contributed by atoms with Gasteiger partial charge in [0.05, 0.1) is 0 Å². The highest BCUT2D eigenvalue weighted by atomic mass is 16.1. The number of nitrogens with zero attached hydrogens (tertiary/aromatic N) is 3. The van der Waals surface area contributed by atoms with Crippen LogP contribution in [0.25, 0.3) is 0 Å². The second-order valence-corrected chi connectivity index (χ2v) is 2.72. The molecule has 66 valence electrons. The lowest BCUT2D eigenvalue weighted by Crippen LogP contribution is -2.26. The minimum atomic E-state index is -0.00352. The summed E-state index contributed by atoms with van der Waals surface area (Å²) in [6.07, 6.45) is 1.53. The average Bonchev–Trinajstić information content (AvgIpc) is 2.03. The van der Waals surface area contributed by atoms with Crippen LogP contribution in [0.4, 0.5) is 5.95 Å². The third-order valence-electron chi connectivity index (χ3n) is 1.63. The number of rotatable bonds is 2. The predicted molar refractivity (Wildman–Crippen MR) is 48.5 cm³/mol. The molecule has 0 fully saturated rings. The van der Waals surface area contributed by atoms with Crippen molar-refractivity contribution in [2.45, 2.75) is 13.5 Å². The summed E-state index contributed by atoms with van der Waals surface area (Å²) in [6, 6.07) is 1.47. The topological polar surface area (TPSA) is 38.1 Å². The summed E-state index contributed by atoms with van der Waals surface area (Å²) in [4.78, 5) is 17.2. The van der Waals surface area contributed by atoms with Gasteiger partial charge in [0.25, 0.3) is 5.56 Å². The molecular formula is C8H13N3O. The molecule has 1 heterocycles. The largest absolute Gasteiger partial charge is 0.348 e. The Kier molecular flexibility index (Phi) is 2.47. The molecule has 0 unspecified atom stereocenters. The molecule has 4 nitrogen and oxygen atoms in total. The van der Waals surface area contributed by atoms with Crippen molar-refractivity contribution in [1.82, 2.24) is 9.55 Å².